The molecule has 0 bridgehead atoms. The van der Waals surface area contributed by atoms with E-state index in [1.165, 1.54) is 18.3 Å². The summed E-state index contributed by atoms with van der Waals surface area (Å²) in [5.41, 5.74) is 0.823. The number of nitrogens with zero attached hydrogens (tertiary/aromatic N) is 1. The van der Waals surface area contributed by atoms with E-state index in [9.17, 15) is 9.59 Å². The topological polar surface area (TPSA) is 71.1 Å². The van der Waals surface area contributed by atoms with Gasteiger partial charge in [0.2, 0.25) is 11.8 Å². The normalized spacial score (nSPS) is 11.7. The van der Waals surface area contributed by atoms with E-state index in [4.69, 9.17) is 11.6 Å². The molecule has 0 spiro atoms. The van der Waals surface area contributed by atoms with Crippen molar-refractivity contribution in [2.45, 2.75) is 19.4 Å². The molecule has 2 aromatic rings. The number of hydrogen-bond acceptors (Lipinski definition) is 4. The Kier molecular flexibility index (Phi) is 5.30. The van der Waals surface area contributed by atoms with Crippen LogP contribution in [0.2, 0.25) is 5.02 Å². The highest BCUT2D eigenvalue weighted by atomic mass is 35.5. The van der Waals surface area contributed by atoms with Gasteiger partial charge in [0.1, 0.15) is 0 Å². The summed E-state index contributed by atoms with van der Waals surface area (Å²) in [7, 11) is 0. The van der Waals surface area contributed by atoms with Crippen molar-refractivity contribution in [3.05, 3.63) is 46.4 Å². The molecule has 21 heavy (non-hydrogen) atoms. The molecule has 0 fully saturated rings. The summed E-state index contributed by atoms with van der Waals surface area (Å²) in [5, 5.41) is 8.39. The Labute approximate surface area is 131 Å². The first kappa shape index (κ1) is 15.5. The molecule has 1 atom stereocenters. The van der Waals surface area contributed by atoms with Crippen molar-refractivity contribution in [2.75, 3.05) is 5.32 Å². The van der Waals surface area contributed by atoms with Crippen molar-refractivity contribution in [1.29, 1.82) is 0 Å². The van der Waals surface area contributed by atoms with Gasteiger partial charge in [0.25, 0.3) is 0 Å². The van der Waals surface area contributed by atoms with Gasteiger partial charge in [0, 0.05) is 23.5 Å². The van der Waals surface area contributed by atoms with Crippen LogP contribution in [-0.4, -0.2) is 16.8 Å². The van der Waals surface area contributed by atoms with Crippen LogP contribution in [-0.2, 0) is 9.59 Å². The second-order valence-electron chi connectivity index (χ2n) is 4.39. The highest BCUT2D eigenvalue weighted by molar-refractivity contribution is 7.13. The first-order chi connectivity index (χ1) is 10.0. The average molecular weight is 324 g/mol. The van der Waals surface area contributed by atoms with Gasteiger partial charge in [0.05, 0.1) is 12.5 Å². The summed E-state index contributed by atoms with van der Waals surface area (Å²) in [4.78, 5) is 27.3. The van der Waals surface area contributed by atoms with Crippen LogP contribution < -0.4 is 10.6 Å². The summed E-state index contributed by atoms with van der Waals surface area (Å²) in [6, 6.07) is 6.63. The van der Waals surface area contributed by atoms with E-state index in [1.54, 1.807) is 35.8 Å². The molecular formula is C14H14ClN3O2S. The Bertz CT molecular complexity index is 614. The fraction of sp³-hybridized carbons (Fsp3) is 0.214. The van der Waals surface area contributed by atoms with Crippen molar-refractivity contribution < 1.29 is 9.59 Å². The summed E-state index contributed by atoms with van der Waals surface area (Å²) in [5.74, 6) is -0.407. The molecule has 2 rings (SSSR count). The standard InChI is InChI=1S/C14H14ClN3O2S/c1-9(19)17-12(10-2-4-11(15)5-3-10)8-13(20)18-14-16-6-7-21-14/h2-7,12H,8H2,1H3,(H,17,19)(H,16,18,20). The second kappa shape index (κ2) is 7.19. The number of nitrogens with one attached hydrogen (secondary N) is 2. The van der Waals surface area contributed by atoms with Crippen LogP contribution >= 0.6 is 22.9 Å². The van der Waals surface area contributed by atoms with Crippen molar-refractivity contribution in [3.8, 4) is 0 Å². The number of benzene rings is 1. The highest BCUT2D eigenvalue weighted by Gasteiger charge is 2.17. The molecule has 1 unspecified atom stereocenters. The zero-order valence-corrected chi connectivity index (χ0v) is 12.9. The summed E-state index contributed by atoms with van der Waals surface area (Å²) >= 11 is 7.19. The smallest absolute Gasteiger partial charge is 0.228 e. The molecule has 2 N–H and O–H groups in total. The summed E-state index contributed by atoms with van der Waals surface area (Å²) < 4.78 is 0. The number of halogens is 1. The van der Waals surface area contributed by atoms with Gasteiger partial charge in [-0.3, -0.25) is 9.59 Å². The second-order valence-corrected chi connectivity index (χ2v) is 5.73. The van der Waals surface area contributed by atoms with E-state index < -0.39 is 6.04 Å². The lowest BCUT2D eigenvalue weighted by Crippen LogP contribution is -2.29. The number of carbonyl (C=O) groups is 2. The van der Waals surface area contributed by atoms with Gasteiger partial charge in [-0.2, -0.15) is 0 Å². The van der Waals surface area contributed by atoms with Gasteiger partial charge < -0.3 is 10.6 Å². The van der Waals surface area contributed by atoms with Crippen molar-refractivity contribution in [1.82, 2.24) is 10.3 Å². The van der Waals surface area contributed by atoms with E-state index >= 15 is 0 Å². The molecule has 0 aliphatic heterocycles. The van der Waals surface area contributed by atoms with Crippen LogP contribution in [0.25, 0.3) is 0 Å². The molecule has 2 amide bonds. The molecule has 1 aromatic carbocycles. The molecular weight excluding hydrogens is 310 g/mol. The quantitative estimate of drug-likeness (QED) is 0.888. The minimum atomic E-state index is -0.403. The lowest BCUT2D eigenvalue weighted by atomic mass is 10.0. The zero-order chi connectivity index (χ0) is 15.2. The molecule has 0 saturated heterocycles. The Balaban J connectivity index is 2.07. The Morgan fingerprint density at radius 1 is 1.33 bits per heavy atom. The van der Waals surface area contributed by atoms with Gasteiger partial charge >= 0.3 is 0 Å². The number of hydrogen-bond donors (Lipinski definition) is 2. The maximum absolute atomic E-state index is 12.0. The lowest BCUT2D eigenvalue weighted by Gasteiger charge is -2.17. The van der Waals surface area contributed by atoms with Gasteiger partial charge in [-0.15, -0.1) is 11.3 Å². The van der Waals surface area contributed by atoms with E-state index in [0.29, 0.717) is 10.2 Å². The van der Waals surface area contributed by atoms with Gasteiger partial charge in [-0.05, 0) is 17.7 Å². The first-order valence-electron chi connectivity index (χ1n) is 6.26. The number of thiazole rings is 1. The van der Waals surface area contributed by atoms with E-state index in [0.717, 1.165) is 5.56 Å². The van der Waals surface area contributed by atoms with E-state index in [1.807, 2.05) is 0 Å². The number of amides is 2. The van der Waals surface area contributed by atoms with Gasteiger partial charge in [-0.1, -0.05) is 23.7 Å². The number of anilines is 1. The third kappa shape index (κ3) is 4.84. The Hall–Kier alpha value is -1.92. The predicted molar refractivity (Wildman–Crippen MR) is 83.4 cm³/mol. The fourth-order valence-electron chi connectivity index (χ4n) is 1.83. The number of rotatable bonds is 5. The zero-order valence-electron chi connectivity index (χ0n) is 11.3. The minimum Gasteiger partial charge on any atom is -0.349 e. The molecule has 0 radical (unpaired) electrons. The molecule has 1 aromatic heterocycles. The molecule has 1 heterocycles. The van der Waals surface area contributed by atoms with Gasteiger partial charge in [0.15, 0.2) is 5.13 Å². The summed E-state index contributed by atoms with van der Waals surface area (Å²) in [6.45, 7) is 1.42. The Morgan fingerprint density at radius 3 is 2.62 bits per heavy atom. The maximum Gasteiger partial charge on any atom is 0.228 e. The largest absolute Gasteiger partial charge is 0.349 e. The summed E-state index contributed by atoms with van der Waals surface area (Å²) in [6.07, 6.45) is 1.74. The third-order valence-electron chi connectivity index (χ3n) is 2.72. The molecule has 5 nitrogen and oxygen atoms in total. The maximum atomic E-state index is 12.0. The van der Waals surface area contributed by atoms with Crippen molar-refractivity contribution in [2.24, 2.45) is 0 Å². The average Bonchev–Trinajstić information content (AvgIpc) is 2.91. The molecule has 0 aliphatic carbocycles. The Morgan fingerprint density at radius 2 is 2.05 bits per heavy atom. The highest BCUT2D eigenvalue weighted by Crippen LogP contribution is 2.20. The van der Waals surface area contributed by atoms with E-state index in [-0.39, 0.29) is 18.2 Å². The molecule has 0 saturated carbocycles. The van der Waals surface area contributed by atoms with Crippen LogP contribution in [0, 0.1) is 0 Å². The van der Waals surface area contributed by atoms with Crippen molar-refractivity contribution >= 4 is 39.9 Å². The predicted octanol–water partition coefficient (Wildman–Crippen LogP) is 3.00. The third-order valence-corrected chi connectivity index (χ3v) is 3.66. The minimum absolute atomic E-state index is 0.126. The van der Waals surface area contributed by atoms with Crippen molar-refractivity contribution in [3.63, 3.8) is 0 Å². The number of aromatic nitrogens is 1. The fourth-order valence-corrected chi connectivity index (χ4v) is 2.50. The van der Waals surface area contributed by atoms with Gasteiger partial charge in [-0.25, -0.2) is 4.98 Å². The SMILES string of the molecule is CC(=O)NC(CC(=O)Nc1nccs1)c1ccc(Cl)cc1. The number of carbonyl (C=O) groups excluding carboxylic acids is 2. The monoisotopic (exact) mass is 323 g/mol. The van der Waals surface area contributed by atoms with Crippen LogP contribution in [0.3, 0.4) is 0 Å². The first-order valence-corrected chi connectivity index (χ1v) is 7.52. The molecule has 7 heteroatoms. The van der Waals surface area contributed by atoms with Crippen LogP contribution in [0.5, 0.6) is 0 Å². The molecule has 0 aliphatic rings. The van der Waals surface area contributed by atoms with Crippen LogP contribution in [0.1, 0.15) is 24.9 Å². The lowest BCUT2D eigenvalue weighted by molar-refractivity contribution is -0.120. The van der Waals surface area contributed by atoms with Crippen LogP contribution in [0.15, 0.2) is 35.8 Å². The van der Waals surface area contributed by atoms with Crippen LogP contribution in [0.4, 0.5) is 5.13 Å². The van der Waals surface area contributed by atoms with E-state index in [2.05, 4.69) is 15.6 Å². The molecule has 110 valence electrons.